The van der Waals surface area contributed by atoms with Crippen LogP contribution in [0.25, 0.3) is 0 Å². The molecule has 1 saturated carbocycles. The molecule has 21 heavy (non-hydrogen) atoms. The normalized spacial score (nSPS) is 23.1. The van der Waals surface area contributed by atoms with Crippen molar-refractivity contribution in [2.75, 3.05) is 12.3 Å². The SMILES string of the molecule is CC1CCCCC1CNS(=O)(=O)c1cc([N+](=O)[O-])c(N)s1. The molecular weight excluding hydrogens is 314 g/mol. The molecule has 0 bridgehead atoms. The summed E-state index contributed by atoms with van der Waals surface area (Å²) < 4.78 is 26.8. The maximum absolute atomic E-state index is 12.2. The second-order valence-corrected chi connectivity index (χ2v) is 8.52. The van der Waals surface area contributed by atoms with Gasteiger partial charge in [0.1, 0.15) is 4.21 Å². The van der Waals surface area contributed by atoms with E-state index in [0.717, 1.165) is 36.7 Å². The Labute approximate surface area is 127 Å². The van der Waals surface area contributed by atoms with Crippen LogP contribution >= 0.6 is 11.3 Å². The molecule has 3 N–H and O–H groups in total. The highest BCUT2D eigenvalue weighted by atomic mass is 32.2. The number of nitrogens with one attached hydrogen (secondary N) is 1. The highest BCUT2D eigenvalue weighted by Crippen LogP contribution is 2.34. The second-order valence-electron chi connectivity index (χ2n) is 5.45. The summed E-state index contributed by atoms with van der Waals surface area (Å²) in [5.41, 5.74) is 5.13. The first-order valence-electron chi connectivity index (χ1n) is 6.84. The lowest BCUT2D eigenvalue weighted by Crippen LogP contribution is -2.33. The van der Waals surface area contributed by atoms with Gasteiger partial charge >= 0.3 is 5.69 Å². The fourth-order valence-corrected chi connectivity index (χ4v) is 4.98. The van der Waals surface area contributed by atoms with Crippen molar-refractivity contribution in [3.8, 4) is 0 Å². The molecule has 1 aliphatic carbocycles. The quantitative estimate of drug-likeness (QED) is 0.634. The van der Waals surface area contributed by atoms with E-state index in [9.17, 15) is 18.5 Å². The third-order valence-corrected chi connectivity index (χ3v) is 6.85. The fraction of sp³-hybridized carbons (Fsp3) is 0.667. The predicted molar refractivity (Wildman–Crippen MR) is 81.7 cm³/mol. The van der Waals surface area contributed by atoms with Gasteiger partial charge in [0.25, 0.3) is 0 Å². The van der Waals surface area contributed by atoms with Crippen LogP contribution in [0.15, 0.2) is 10.3 Å². The fourth-order valence-electron chi connectivity index (χ4n) is 2.63. The summed E-state index contributed by atoms with van der Waals surface area (Å²) in [5, 5.41) is 10.6. The van der Waals surface area contributed by atoms with Crippen LogP contribution in [-0.4, -0.2) is 19.9 Å². The van der Waals surface area contributed by atoms with Crippen LogP contribution in [-0.2, 0) is 10.0 Å². The van der Waals surface area contributed by atoms with Gasteiger partial charge in [-0.2, -0.15) is 0 Å². The Hall–Kier alpha value is -1.19. The van der Waals surface area contributed by atoms with Gasteiger partial charge in [0.05, 0.1) is 4.92 Å². The van der Waals surface area contributed by atoms with Gasteiger partial charge in [-0.15, -0.1) is 0 Å². The third-order valence-electron chi connectivity index (χ3n) is 4.00. The molecular formula is C12H19N3O4S2. The summed E-state index contributed by atoms with van der Waals surface area (Å²) in [6, 6.07) is 1.02. The molecule has 1 aromatic rings. The molecule has 2 unspecified atom stereocenters. The molecule has 0 amide bonds. The Bertz CT molecular complexity index is 626. The van der Waals surface area contributed by atoms with Gasteiger partial charge in [-0.1, -0.05) is 37.5 Å². The van der Waals surface area contributed by atoms with Crippen molar-refractivity contribution in [3.05, 3.63) is 16.2 Å². The molecule has 9 heteroatoms. The highest BCUT2D eigenvalue weighted by Gasteiger charge is 2.27. The van der Waals surface area contributed by atoms with Gasteiger partial charge in [0.15, 0.2) is 5.00 Å². The average Bonchev–Trinajstić information content (AvgIpc) is 2.81. The maximum atomic E-state index is 12.2. The van der Waals surface area contributed by atoms with Gasteiger partial charge in [-0.3, -0.25) is 10.1 Å². The molecule has 0 saturated heterocycles. The zero-order valence-corrected chi connectivity index (χ0v) is 13.4. The van der Waals surface area contributed by atoms with E-state index < -0.39 is 14.9 Å². The van der Waals surface area contributed by atoms with Crippen molar-refractivity contribution in [2.45, 2.75) is 36.8 Å². The largest absolute Gasteiger partial charge is 0.385 e. The lowest BCUT2D eigenvalue weighted by atomic mass is 9.81. The van der Waals surface area contributed by atoms with Gasteiger partial charge < -0.3 is 5.73 Å². The zero-order chi connectivity index (χ0) is 15.6. The topological polar surface area (TPSA) is 115 Å². The number of nitrogens with two attached hydrogens (primary N) is 1. The van der Waals surface area contributed by atoms with Gasteiger partial charge in [0.2, 0.25) is 10.0 Å². The molecule has 1 aromatic heterocycles. The maximum Gasteiger partial charge on any atom is 0.304 e. The minimum Gasteiger partial charge on any atom is -0.385 e. The van der Waals surface area contributed by atoms with Crippen molar-refractivity contribution in [3.63, 3.8) is 0 Å². The van der Waals surface area contributed by atoms with Gasteiger partial charge in [-0.05, 0) is 18.3 Å². The Balaban J connectivity index is 2.08. The number of nitro groups is 1. The molecule has 1 fully saturated rings. The molecule has 2 atom stereocenters. The number of anilines is 1. The first-order chi connectivity index (χ1) is 9.81. The van der Waals surface area contributed by atoms with Crippen LogP contribution in [0, 0.1) is 22.0 Å². The van der Waals surface area contributed by atoms with Crippen molar-refractivity contribution in [1.29, 1.82) is 0 Å². The van der Waals surface area contributed by atoms with E-state index in [-0.39, 0.29) is 14.9 Å². The Morgan fingerprint density at radius 1 is 1.48 bits per heavy atom. The second kappa shape index (κ2) is 6.29. The molecule has 0 aromatic carbocycles. The molecule has 2 rings (SSSR count). The van der Waals surface area contributed by atoms with E-state index in [1.54, 1.807) is 0 Å². The van der Waals surface area contributed by atoms with Crippen LogP contribution < -0.4 is 10.5 Å². The summed E-state index contributed by atoms with van der Waals surface area (Å²) >= 11 is 0.723. The predicted octanol–water partition coefficient (Wildman–Crippen LogP) is 2.34. The standard InChI is InChI=1S/C12H19N3O4S2/c1-8-4-2-3-5-9(8)7-14-21(18,19)11-6-10(15(16)17)12(13)20-11/h6,8-9,14H,2-5,7,13H2,1H3. The van der Waals surface area contributed by atoms with E-state index in [1.807, 2.05) is 0 Å². The smallest absolute Gasteiger partial charge is 0.304 e. The number of thiophene rings is 1. The van der Waals surface area contributed by atoms with Crippen molar-refractivity contribution >= 4 is 32.0 Å². The van der Waals surface area contributed by atoms with Gasteiger partial charge in [0, 0.05) is 12.6 Å². The van der Waals surface area contributed by atoms with Crippen molar-refractivity contribution in [2.24, 2.45) is 11.8 Å². The number of hydrogen-bond acceptors (Lipinski definition) is 6. The first-order valence-corrected chi connectivity index (χ1v) is 9.14. The zero-order valence-electron chi connectivity index (χ0n) is 11.7. The first kappa shape index (κ1) is 16.2. The Morgan fingerprint density at radius 3 is 2.71 bits per heavy atom. The van der Waals surface area contributed by atoms with E-state index in [2.05, 4.69) is 11.6 Å². The van der Waals surface area contributed by atoms with E-state index in [1.165, 1.54) is 6.42 Å². The lowest BCUT2D eigenvalue weighted by molar-refractivity contribution is -0.383. The Morgan fingerprint density at radius 2 is 2.14 bits per heavy atom. The summed E-state index contributed by atoms with van der Waals surface area (Å²) in [6.45, 7) is 2.50. The lowest BCUT2D eigenvalue weighted by Gasteiger charge is -2.28. The number of nitrogens with zero attached hydrogens (tertiary/aromatic N) is 1. The molecule has 7 nitrogen and oxygen atoms in total. The Kier molecular flexibility index (Phi) is 4.84. The summed E-state index contributed by atoms with van der Waals surface area (Å²) in [7, 11) is -3.73. The minimum atomic E-state index is -3.73. The summed E-state index contributed by atoms with van der Waals surface area (Å²) in [4.78, 5) is 10.1. The van der Waals surface area contributed by atoms with E-state index >= 15 is 0 Å². The average molecular weight is 333 g/mol. The number of hydrogen-bond donors (Lipinski definition) is 2. The van der Waals surface area contributed by atoms with Crippen LogP contribution in [0.3, 0.4) is 0 Å². The molecule has 1 heterocycles. The number of nitrogen functional groups attached to an aromatic ring is 1. The van der Waals surface area contributed by atoms with Crippen molar-refractivity contribution in [1.82, 2.24) is 4.72 Å². The monoisotopic (exact) mass is 333 g/mol. The van der Waals surface area contributed by atoms with Crippen LogP contribution in [0.5, 0.6) is 0 Å². The molecule has 0 radical (unpaired) electrons. The van der Waals surface area contributed by atoms with E-state index in [0.29, 0.717) is 18.4 Å². The summed E-state index contributed by atoms with van der Waals surface area (Å²) in [5.74, 6) is 0.810. The molecule has 0 spiro atoms. The van der Waals surface area contributed by atoms with Crippen LogP contribution in [0.1, 0.15) is 32.6 Å². The number of sulfonamides is 1. The number of rotatable bonds is 5. The summed E-state index contributed by atoms with van der Waals surface area (Å²) in [6.07, 6.45) is 4.44. The highest BCUT2D eigenvalue weighted by molar-refractivity contribution is 7.91. The molecule has 118 valence electrons. The molecule has 0 aliphatic heterocycles. The van der Waals surface area contributed by atoms with Crippen LogP contribution in [0.4, 0.5) is 10.7 Å². The van der Waals surface area contributed by atoms with E-state index in [4.69, 9.17) is 5.73 Å². The van der Waals surface area contributed by atoms with Crippen molar-refractivity contribution < 1.29 is 13.3 Å². The minimum absolute atomic E-state index is 0.0913. The van der Waals surface area contributed by atoms with Gasteiger partial charge in [-0.25, -0.2) is 13.1 Å². The van der Waals surface area contributed by atoms with Crippen LogP contribution in [0.2, 0.25) is 0 Å². The third kappa shape index (κ3) is 3.72. The molecule has 1 aliphatic rings.